The van der Waals surface area contributed by atoms with Gasteiger partial charge in [-0.1, -0.05) is 6.07 Å². The van der Waals surface area contributed by atoms with Gasteiger partial charge in [0.15, 0.2) is 0 Å². The van der Waals surface area contributed by atoms with Crippen LogP contribution in [-0.4, -0.2) is 24.1 Å². The number of benzene rings is 1. The zero-order chi connectivity index (χ0) is 12.4. The van der Waals surface area contributed by atoms with Gasteiger partial charge in [0.1, 0.15) is 0 Å². The van der Waals surface area contributed by atoms with Crippen LogP contribution in [-0.2, 0) is 4.79 Å². The predicted octanol–water partition coefficient (Wildman–Crippen LogP) is 3.00. The van der Waals surface area contributed by atoms with Gasteiger partial charge in [-0.25, -0.2) is 0 Å². The maximum Gasteiger partial charge on any atom is 0.299 e. The summed E-state index contributed by atoms with van der Waals surface area (Å²) in [6.07, 6.45) is 1.64. The van der Waals surface area contributed by atoms with E-state index in [1.54, 1.807) is 12.1 Å². The lowest BCUT2D eigenvalue weighted by atomic mass is 10.1. The standard InChI is InChI=1S/C12H11BrClNO2/c13-8-4-3-5-9-10(8)11(16)12(17)15(9)7-2-1-6-14/h3-5H,1-2,6-7H2. The van der Waals surface area contributed by atoms with E-state index in [0.29, 0.717) is 28.1 Å². The fourth-order valence-electron chi connectivity index (χ4n) is 1.89. The van der Waals surface area contributed by atoms with Crippen LogP contribution in [0.25, 0.3) is 0 Å². The van der Waals surface area contributed by atoms with Gasteiger partial charge >= 0.3 is 0 Å². The lowest BCUT2D eigenvalue weighted by molar-refractivity contribution is -0.114. The summed E-state index contributed by atoms with van der Waals surface area (Å²) in [5.41, 5.74) is 1.17. The smallest absolute Gasteiger partial charge is 0.299 e. The van der Waals surface area contributed by atoms with Crippen molar-refractivity contribution in [2.45, 2.75) is 12.8 Å². The second-order valence-electron chi connectivity index (χ2n) is 3.82. The van der Waals surface area contributed by atoms with Gasteiger partial charge in [0, 0.05) is 16.9 Å². The maximum absolute atomic E-state index is 11.8. The van der Waals surface area contributed by atoms with E-state index in [0.717, 1.165) is 12.8 Å². The quantitative estimate of drug-likeness (QED) is 0.486. The molecule has 0 radical (unpaired) electrons. The molecule has 0 aliphatic carbocycles. The fraction of sp³-hybridized carbons (Fsp3) is 0.333. The molecule has 1 aromatic rings. The summed E-state index contributed by atoms with van der Waals surface area (Å²) in [5.74, 6) is -0.304. The highest BCUT2D eigenvalue weighted by atomic mass is 79.9. The summed E-state index contributed by atoms with van der Waals surface area (Å²) in [5, 5.41) is 0. The van der Waals surface area contributed by atoms with E-state index in [1.807, 2.05) is 6.07 Å². The topological polar surface area (TPSA) is 37.4 Å². The number of fused-ring (bicyclic) bond motifs is 1. The van der Waals surface area contributed by atoms with Crippen LogP contribution in [0.1, 0.15) is 23.2 Å². The van der Waals surface area contributed by atoms with Crippen LogP contribution in [0, 0.1) is 0 Å². The first-order valence-electron chi connectivity index (χ1n) is 5.37. The Kier molecular flexibility index (Phi) is 3.84. The molecule has 0 bridgehead atoms. The van der Waals surface area contributed by atoms with Gasteiger partial charge in [-0.05, 0) is 40.9 Å². The van der Waals surface area contributed by atoms with E-state index in [9.17, 15) is 9.59 Å². The number of nitrogens with zero attached hydrogens (tertiary/aromatic N) is 1. The number of carbonyl (C=O) groups is 2. The summed E-state index contributed by atoms with van der Waals surface area (Å²) < 4.78 is 0.674. The molecule has 0 saturated heterocycles. The zero-order valence-corrected chi connectivity index (χ0v) is 11.4. The van der Waals surface area contributed by atoms with E-state index in [-0.39, 0.29) is 0 Å². The van der Waals surface area contributed by atoms with Gasteiger partial charge in [0.25, 0.3) is 11.7 Å². The molecule has 90 valence electrons. The van der Waals surface area contributed by atoms with E-state index in [1.165, 1.54) is 4.90 Å². The average Bonchev–Trinajstić information content (AvgIpc) is 2.55. The minimum absolute atomic E-state index is 0.432. The Labute approximate surface area is 113 Å². The molecule has 0 atom stereocenters. The van der Waals surface area contributed by atoms with E-state index in [2.05, 4.69) is 15.9 Å². The van der Waals surface area contributed by atoms with Crippen molar-refractivity contribution in [3.63, 3.8) is 0 Å². The number of rotatable bonds is 4. The summed E-state index contributed by atoms with van der Waals surface area (Å²) in [6, 6.07) is 5.39. The molecule has 0 fully saturated rings. The first-order valence-corrected chi connectivity index (χ1v) is 6.70. The first kappa shape index (κ1) is 12.6. The molecular formula is C12H11BrClNO2. The van der Waals surface area contributed by atoms with Crippen molar-refractivity contribution in [3.05, 3.63) is 28.2 Å². The summed E-state index contributed by atoms with van der Waals surface area (Å²) in [7, 11) is 0. The van der Waals surface area contributed by atoms with Gasteiger partial charge in [0.05, 0.1) is 11.3 Å². The van der Waals surface area contributed by atoms with Crippen molar-refractivity contribution in [1.82, 2.24) is 0 Å². The molecule has 0 N–H and O–H groups in total. The number of unbranched alkanes of at least 4 members (excludes halogenated alkanes) is 1. The molecule has 17 heavy (non-hydrogen) atoms. The van der Waals surface area contributed by atoms with Crippen LogP contribution in [0.15, 0.2) is 22.7 Å². The molecule has 2 rings (SSSR count). The Morgan fingerprint density at radius 2 is 2.00 bits per heavy atom. The normalized spacial score (nSPS) is 14.4. The highest BCUT2D eigenvalue weighted by Crippen LogP contribution is 2.34. The third-order valence-electron chi connectivity index (χ3n) is 2.71. The Morgan fingerprint density at radius 1 is 1.24 bits per heavy atom. The first-order chi connectivity index (χ1) is 8.16. The molecule has 1 aromatic carbocycles. The van der Waals surface area contributed by atoms with Crippen LogP contribution >= 0.6 is 27.5 Å². The summed E-state index contributed by atoms with van der Waals surface area (Å²) in [6.45, 7) is 0.542. The molecule has 0 saturated carbocycles. The lowest BCUT2D eigenvalue weighted by Gasteiger charge is -2.15. The molecule has 1 heterocycles. The van der Waals surface area contributed by atoms with Crippen LogP contribution in [0.4, 0.5) is 5.69 Å². The second kappa shape index (κ2) is 5.19. The van der Waals surface area contributed by atoms with Gasteiger partial charge < -0.3 is 4.90 Å². The van der Waals surface area contributed by atoms with Crippen molar-refractivity contribution >= 4 is 44.9 Å². The maximum atomic E-state index is 11.8. The summed E-state index contributed by atoms with van der Waals surface area (Å²) in [4.78, 5) is 25.2. The Balaban J connectivity index is 2.29. The number of ketones is 1. The molecule has 0 aromatic heterocycles. The summed E-state index contributed by atoms with van der Waals surface area (Å²) >= 11 is 8.90. The van der Waals surface area contributed by atoms with Gasteiger partial charge in [-0.3, -0.25) is 9.59 Å². The number of alkyl halides is 1. The van der Waals surface area contributed by atoms with Crippen LogP contribution in [0.5, 0.6) is 0 Å². The average molecular weight is 317 g/mol. The Hall–Kier alpha value is -0.870. The monoisotopic (exact) mass is 315 g/mol. The van der Waals surface area contributed by atoms with Crippen LogP contribution in [0.3, 0.4) is 0 Å². The number of halogens is 2. The van der Waals surface area contributed by atoms with Gasteiger partial charge in [0.2, 0.25) is 0 Å². The predicted molar refractivity (Wildman–Crippen MR) is 70.8 cm³/mol. The molecule has 3 nitrogen and oxygen atoms in total. The molecule has 1 aliphatic rings. The van der Waals surface area contributed by atoms with Crippen LogP contribution in [0.2, 0.25) is 0 Å². The number of hydrogen-bond donors (Lipinski definition) is 0. The molecule has 0 unspecified atom stereocenters. The van der Waals surface area contributed by atoms with Crippen molar-refractivity contribution in [1.29, 1.82) is 0 Å². The molecule has 5 heteroatoms. The van der Waals surface area contributed by atoms with E-state index < -0.39 is 11.7 Å². The largest absolute Gasteiger partial charge is 0.305 e. The lowest BCUT2D eigenvalue weighted by Crippen LogP contribution is -2.30. The van der Waals surface area contributed by atoms with Crippen LogP contribution < -0.4 is 4.90 Å². The van der Waals surface area contributed by atoms with Crippen molar-refractivity contribution in [2.24, 2.45) is 0 Å². The fourth-order valence-corrected chi connectivity index (χ4v) is 2.61. The van der Waals surface area contributed by atoms with E-state index >= 15 is 0 Å². The second-order valence-corrected chi connectivity index (χ2v) is 5.05. The third kappa shape index (κ3) is 2.24. The van der Waals surface area contributed by atoms with Crippen molar-refractivity contribution < 1.29 is 9.59 Å². The van der Waals surface area contributed by atoms with Crippen molar-refractivity contribution in [3.8, 4) is 0 Å². The Morgan fingerprint density at radius 3 is 2.71 bits per heavy atom. The number of Topliss-reactive ketones (excluding diaryl/α,β-unsaturated/α-hetero) is 1. The highest BCUT2D eigenvalue weighted by Gasteiger charge is 2.36. The minimum Gasteiger partial charge on any atom is -0.305 e. The molecule has 1 amide bonds. The zero-order valence-electron chi connectivity index (χ0n) is 9.08. The Bertz CT molecular complexity index is 476. The number of anilines is 1. The van der Waals surface area contributed by atoms with Gasteiger partial charge in [-0.2, -0.15) is 0 Å². The van der Waals surface area contributed by atoms with Crippen molar-refractivity contribution in [2.75, 3.05) is 17.3 Å². The highest BCUT2D eigenvalue weighted by molar-refractivity contribution is 9.10. The van der Waals surface area contributed by atoms with E-state index in [4.69, 9.17) is 11.6 Å². The molecule has 1 aliphatic heterocycles. The molecule has 0 spiro atoms. The SMILES string of the molecule is O=C1C(=O)N(CCCCCl)c2cccc(Br)c21. The minimum atomic E-state index is -0.443. The number of hydrogen-bond acceptors (Lipinski definition) is 2. The van der Waals surface area contributed by atoms with Gasteiger partial charge in [-0.15, -0.1) is 11.6 Å². The number of amides is 1. The number of carbonyl (C=O) groups excluding carboxylic acids is 2. The molecular weight excluding hydrogens is 305 g/mol. The third-order valence-corrected chi connectivity index (χ3v) is 3.64.